The van der Waals surface area contributed by atoms with E-state index >= 15 is 0 Å². The highest BCUT2D eigenvalue weighted by Gasteiger charge is 2.35. The fourth-order valence-electron chi connectivity index (χ4n) is 3.12. The maximum atomic E-state index is 12.9. The molecule has 0 atom stereocenters. The number of carbonyl (C=O) groups is 1. The Bertz CT molecular complexity index is 946. The van der Waals surface area contributed by atoms with E-state index in [1.165, 1.54) is 27.4 Å². The zero-order valence-corrected chi connectivity index (χ0v) is 16.6. The number of hydrogen-bond donors (Lipinski definition) is 0. The van der Waals surface area contributed by atoms with Crippen LogP contribution in [0.2, 0.25) is 0 Å². The molecule has 2 aromatic rings. The molecule has 1 aliphatic rings. The van der Waals surface area contributed by atoms with Crippen molar-refractivity contribution < 1.29 is 23.7 Å². The number of likely N-dealkylation sites (tertiary alicyclic amines) is 1. The third-order valence-electron chi connectivity index (χ3n) is 4.85. The van der Waals surface area contributed by atoms with Crippen molar-refractivity contribution in [2.24, 2.45) is 7.05 Å². The van der Waals surface area contributed by atoms with Crippen LogP contribution in [0.5, 0.6) is 23.0 Å². The molecule has 1 amide bonds. The monoisotopic (exact) mass is 388 g/mol. The zero-order chi connectivity index (χ0) is 20.4. The van der Waals surface area contributed by atoms with E-state index in [0.717, 1.165) is 5.69 Å². The first-order valence-electron chi connectivity index (χ1n) is 8.82. The van der Waals surface area contributed by atoms with Gasteiger partial charge < -0.3 is 28.4 Å². The largest absolute Gasteiger partial charge is 0.493 e. The molecule has 0 saturated carbocycles. The number of aromatic nitrogens is 1. The van der Waals surface area contributed by atoms with Crippen LogP contribution in [0.25, 0.3) is 0 Å². The van der Waals surface area contributed by atoms with Gasteiger partial charge in [0.15, 0.2) is 11.5 Å². The fourth-order valence-corrected chi connectivity index (χ4v) is 3.12. The Labute approximate surface area is 163 Å². The van der Waals surface area contributed by atoms with Crippen LogP contribution < -0.4 is 24.5 Å². The summed E-state index contributed by atoms with van der Waals surface area (Å²) in [5, 5.41) is 0. The Morgan fingerprint density at radius 3 is 2.29 bits per heavy atom. The highest BCUT2D eigenvalue weighted by Crippen LogP contribution is 2.40. The third kappa shape index (κ3) is 3.49. The number of rotatable bonds is 6. The molecule has 28 heavy (non-hydrogen) atoms. The maximum Gasteiger partial charge on any atom is 0.258 e. The molecule has 0 N–H and O–H groups in total. The minimum Gasteiger partial charge on any atom is -0.493 e. The molecule has 1 fully saturated rings. The summed E-state index contributed by atoms with van der Waals surface area (Å²) >= 11 is 0. The number of hydrogen-bond acceptors (Lipinski definition) is 6. The molecular weight excluding hydrogens is 364 g/mol. The summed E-state index contributed by atoms with van der Waals surface area (Å²) < 4.78 is 23.4. The van der Waals surface area contributed by atoms with Gasteiger partial charge in [-0.1, -0.05) is 0 Å². The standard InChI is InChI=1S/C20H24N2O6/c1-12-8-13(9-17(23)21(12)2)28-14-10-22(11-14)20(24)15-6-7-16(25-3)19(27-5)18(15)26-4/h6-9,14H,10-11H2,1-5H3. The minimum atomic E-state index is -0.183. The van der Waals surface area contributed by atoms with Crippen LogP contribution in [0, 0.1) is 6.92 Å². The van der Waals surface area contributed by atoms with Crippen LogP contribution in [0.4, 0.5) is 0 Å². The first-order valence-corrected chi connectivity index (χ1v) is 8.82. The van der Waals surface area contributed by atoms with Crippen molar-refractivity contribution >= 4 is 5.91 Å². The summed E-state index contributed by atoms with van der Waals surface area (Å²) in [6.07, 6.45) is -0.165. The number of ether oxygens (including phenoxy) is 4. The number of benzene rings is 1. The topological polar surface area (TPSA) is 79.2 Å². The SMILES string of the molecule is COc1ccc(C(=O)N2CC(Oc3cc(C)n(C)c(=O)c3)C2)c(OC)c1OC. The molecular formula is C20H24N2O6. The lowest BCUT2D eigenvalue weighted by Crippen LogP contribution is -2.56. The predicted octanol–water partition coefficient (Wildman–Crippen LogP) is 1.62. The molecule has 0 aliphatic carbocycles. The summed E-state index contributed by atoms with van der Waals surface area (Å²) in [6.45, 7) is 2.68. The maximum absolute atomic E-state index is 12.9. The van der Waals surface area contributed by atoms with E-state index in [1.807, 2.05) is 13.0 Å². The Morgan fingerprint density at radius 1 is 1.04 bits per heavy atom. The summed E-state index contributed by atoms with van der Waals surface area (Å²) in [6, 6.07) is 6.59. The van der Waals surface area contributed by atoms with Crippen LogP contribution in [0.1, 0.15) is 16.1 Å². The van der Waals surface area contributed by atoms with Gasteiger partial charge in [-0.3, -0.25) is 9.59 Å². The van der Waals surface area contributed by atoms with E-state index in [9.17, 15) is 9.59 Å². The minimum absolute atomic E-state index is 0.127. The molecule has 2 heterocycles. The summed E-state index contributed by atoms with van der Waals surface area (Å²) in [7, 11) is 6.21. The lowest BCUT2D eigenvalue weighted by atomic mass is 10.1. The van der Waals surface area contributed by atoms with Crippen molar-refractivity contribution in [1.29, 1.82) is 0 Å². The van der Waals surface area contributed by atoms with Crippen molar-refractivity contribution in [3.05, 3.63) is 45.9 Å². The first-order chi connectivity index (χ1) is 13.4. The van der Waals surface area contributed by atoms with Crippen molar-refractivity contribution in [2.45, 2.75) is 13.0 Å². The number of methoxy groups -OCH3 is 3. The van der Waals surface area contributed by atoms with Crippen molar-refractivity contribution in [3.8, 4) is 23.0 Å². The Morgan fingerprint density at radius 2 is 1.71 bits per heavy atom. The lowest BCUT2D eigenvalue weighted by Gasteiger charge is -2.39. The lowest BCUT2D eigenvalue weighted by molar-refractivity contribution is 0.0174. The average Bonchev–Trinajstić information content (AvgIpc) is 2.66. The molecule has 0 unspecified atom stereocenters. The van der Waals surface area contributed by atoms with Gasteiger partial charge >= 0.3 is 0 Å². The molecule has 1 aliphatic heterocycles. The smallest absolute Gasteiger partial charge is 0.258 e. The van der Waals surface area contributed by atoms with Crippen LogP contribution in [-0.2, 0) is 7.05 Å². The molecule has 1 aromatic carbocycles. The van der Waals surface area contributed by atoms with E-state index in [2.05, 4.69) is 0 Å². The highest BCUT2D eigenvalue weighted by molar-refractivity contribution is 5.98. The Kier molecular flexibility index (Phi) is 5.48. The average molecular weight is 388 g/mol. The molecule has 150 valence electrons. The van der Waals surface area contributed by atoms with Crippen molar-refractivity contribution in [3.63, 3.8) is 0 Å². The van der Waals surface area contributed by atoms with Gasteiger partial charge in [-0.25, -0.2) is 0 Å². The second-order valence-corrected chi connectivity index (χ2v) is 6.56. The summed E-state index contributed by atoms with van der Waals surface area (Å²) in [5.41, 5.74) is 1.07. The normalized spacial score (nSPS) is 13.7. The van der Waals surface area contributed by atoms with E-state index in [4.69, 9.17) is 18.9 Å². The number of pyridine rings is 1. The van der Waals surface area contributed by atoms with Gasteiger partial charge in [0.25, 0.3) is 11.5 Å². The van der Waals surface area contributed by atoms with E-state index < -0.39 is 0 Å². The van der Waals surface area contributed by atoms with Gasteiger partial charge in [0.05, 0.1) is 40.0 Å². The van der Waals surface area contributed by atoms with Gasteiger partial charge in [-0.15, -0.1) is 0 Å². The van der Waals surface area contributed by atoms with Gasteiger partial charge in [-0.2, -0.15) is 0 Å². The predicted molar refractivity (Wildman–Crippen MR) is 103 cm³/mol. The number of aryl methyl sites for hydroxylation is 1. The Balaban J connectivity index is 1.71. The zero-order valence-electron chi connectivity index (χ0n) is 16.6. The Hall–Kier alpha value is -3.16. The molecule has 8 nitrogen and oxygen atoms in total. The second-order valence-electron chi connectivity index (χ2n) is 6.56. The van der Waals surface area contributed by atoms with Gasteiger partial charge in [0.1, 0.15) is 11.9 Å². The molecule has 1 aromatic heterocycles. The van der Waals surface area contributed by atoms with Gasteiger partial charge in [-0.05, 0) is 25.1 Å². The van der Waals surface area contributed by atoms with E-state index in [-0.39, 0.29) is 17.6 Å². The fraction of sp³-hybridized carbons (Fsp3) is 0.400. The van der Waals surface area contributed by atoms with E-state index in [1.54, 1.807) is 28.6 Å². The van der Waals surface area contributed by atoms with Crippen molar-refractivity contribution in [2.75, 3.05) is 34.4 Å². The van der Waals surface area contributed by atoms with E-state index in [0.29, 0.717) is 41.7 Å². The number of amides is 1. The van der Waals surface area contributed by atoms with Crippen LogP contribution in [0.3, 0.4) is 0 Å². The molecule has 0 spiro atoms. The number of carbonyl (C=O) groups excluding carboxylic acids is 1. The van der Waals surface area contributed by atoms with Gasteiger partial charge in [0.2, 0.25) is 5.75 Å². The highest BCUT2D eigenvalue weighted by atomic mass is 16.5. The molecule has 1 saturated heterocycles. The molecule has 3 rings (SSSR count). The summed E-state index contributed by atoms with van der Waals surface area (Å²) in [5.74, 6) is 1.53. The third-order valence-corrected chi connectivity index (χ3v) is 4.85. The van der Waals surface area contributed by atoms with Gasteiger partial charge in [0, 0.05) is 18.8 Å². The second kappa shape index (κ2) is 7.84. The van der Waals surface area contributed by atoms with Crippen molar-refractivity contribution in [1.82, 2.24) is 9.47 Å². The van der Waals surface area contributed by atoms with Crippen LogP contribution >= 0.6 is 0 Å². The quantitative estimate of drug-likeness (QED) is 0.748. The van der Waals surface area contributed by atoms with Crippen LogP contribution in [-0.4, -0.2) is 55.9 Å². The molecule has 8 heteroatoms. The molecule has 0 radical (unpaired) electrons. The number of nitrogens with zero attached hydrogens (tertiary/aromatic N) is 2. The van der Waals surface area contributed by atoms with Crippen LogP contribution in [0.15, 0.2) is 29.1 Å². The summed E-state index contributed by atoms with van der Waals surface area (Å²) in [4.78, 5) is 26.4. The first kappa shape index (κ1) is 19.6. The molecule has 0 bridgehead atoms.